The zero-order valence-electron chi connectivity index (χ0n) is 15.1. The van der Waals surface area contributed by atoms with E-state index in [1.807, 2.05) is 0 Å². The number of sulfone groups is 1. The molecule has 0 aliphatic rings. The van der Waals surface area contributed by atoms with Gasteiger partial charge in [-0.25, -0.2) is 22.8 Å². The normalized spacial score (nSPS) is 11.1. The number of para-hydroxylation sites is 2. The first kappa shape index (κ1) is 20.7. The Morgan fingerprint density at radius 3 is 2.55 bits per heavy atom. The van der Waals surface area contributed by atoms with Crippen LogP contribution in [0.2, 0.25) is 5.02 Å². The summed E-state index contributed by atoms with van der Waals surface area (Å²) < 4.78 is 43.4. The van der Waals surface area contributed by atoms with Crippen LogP contribution in [0.25, 0.3) is 0 Å². The molecule has 0 radical (unpaired) electrons. The van der Waals surface area contributed by atoms with E-state index in [9.17, 15) is 17.6 Å². The van der Waals surface area contributed by atoms with Crippen LogP contribution in [0.4, 0.5) is 10.1 Å². The molecule has 1 N–H and O–H groups in total. The van der Waals surface area contributed by atoms with Gasteiger partial charge in [-0.1, -0.05) is 35.9 Å². The highest BCUT2D eigenvalue weighted by Crippen LogP contribution is 2.25. The molecule has 7 nitrogen and oxygen atoms in total. The SMILES string of the molecule is COc1ccccc1NC(=O)c1nc(S(=O)(=O)Cc2ccc(F)cc2)ncc1Cl. The molecule has 29 heavy (non-hydrogen) atoms. The predicted octanol–water partition coefficient (Wildman–Crippen LogP) is 3.50. The number of nitrogens with one attached hydrogen (secondary N) is 1. The van der Waals surface area contributed by atoms with Gasteiger partial charge in [-0.15, -0.1) is 0 Å². The van der Waals surface area contributed by atoms with Crippen molar-refractivity contribution < 1.29 is 22.3 Å². The molecule has 0 bridgehead atoms. The maximum absolute atomic E-state index is 13.0. The van der Waals surface area contributed by atoms with Crippen LogP contribution in [0.15, 0.2) is 59.9 Å². The van der Waals surface area contributed by atoms with Gasteiger partial charge >= 0.3 is 0 Å². The summed E-state index contributed by atoms with van der Waals surface area (Å²) >= 11 is 6.01. The lowest BCUT2D eigenvalue weighted by atomic mass is 10.2. The minimum absolute atomic E-state index is 0.113. The van der Waals surface area contributed by atoms with E-state index in [-0.39, 0.29) is 10.7 Å². The van der Waals surface area contributed by atoms with Crippen molar-refractivity contribution in [3.05, 3.63) is 76.8 Å². The Morgan fingerprint density at radius 2 is 1.86 bits per heavy atom. The standard InChI is InChI=1S/C19H15ClFN3O4S/c1-28-16-5-3-2-4-15(16)23-18(25)17-14(20)10-22-19(24-17)29(26,27)11-12-6-8-13(21)9-7-12/h2-10H,11H2,1H3,(H,23,25). The van der Waals surface area contributed by atoms with Crippen LogP contribution >= 0.6 is 11.6 Å². The lowest BCUT2D eigenvalue weighted by molar-refractivity contribution is 0.102. The number of nitrogens with zero attached hydrogens (tertiary/aromatic N) is 2. The van der Waals surface area contributed by atoms with Crippen LogP contribution in [-0.2, 0) is 15.6 Å². The van der Waals surface area contributed by atoms with Gasteiger partial charge in [0.25, 0.3) is 5.91 Å². The molecule has 3 aromatic rings. The Hall–Kier alpha value is -3.04. The zero-order chi connectivity index (χ0) is 21.0. The lowest BCUT2D eigenvalue weighted by Gasteiger charge is -2.11. The van der Waals surface area contributed by atoms with Crippen molar-refractivity contribution in [3.8, 4) is 5.75 Å². The first-order chi connectivity index (χ1) is 13.8. The van der Waals surface area contributed by atoms with Crippen molar-refractivity contribution in [1.82, 2.24) is 9.97 Å². The first-order valence-corrected chi connectivity index (χ1v) is 10.3. The van der Waals surface area contributed by atoms with E-state index in [1.165, 1.54) is 19.2 Å². The predicted molar refractivity (Wildman–Crippen MR) is 105 cm³/mol. The second kappa shape index (κ2) is 8.54. The van der Waals surface area contributed by atoms with Crippen molar-refractivity contribution in [2.45, 2.75) is 10.9 Å². The van der Waals surface area contributed by atoms with Crippen LogP contribution in [0.5, 0.6) is 5.75 Å². The van der Waals surface area contributed by atoms with Crippen LogP contribution < -0.4 is 10.1 Å². The fraction of sp³-hybridized carbons (Fsp3) is 0.105. The van der Waals surface area contributed by atoms with Crippen LogP contribution in [-0.4, -0.2) is 31.4 Å². The summed E-state index contributed by atoms with van der Waals surface area (Å²) in [5.74, 6) is -1.25. The van der Waals surface area contributed by atoms with E-state index in [1.54, 1.807) is 24.3 Å². The quantitative estimate of drug-likeness (QED) is 0.595. The molecule has 1 amide bonds. The highest BCUT2D eigenvalue weighted by molar-refractivity contribution is 7.90. The summed E-state index contributed by atoms with van der Waals surface area (Å²) in [6.07, 6.45) is 1.04. The molecular formula is C19H15ClFN3O4S. The number of carbonyl (C=O) groups excluding carboxylic acids is 1. The van der Waals surface area contributed by atoms with Crippen molar-refractivity contribution in [3.63, 3.8) is 0 Å². The maximum atomic E-state index is 13.0. The van der Waals surface area contributed by atoms with Crippen molar-refractivity contribution in [2.75, 3.05) is 12.4 Å². The second-order valence-electron chi connectivity index (χ2n) is 5.89. The van der Waals surface area contributed by atoms with E-state index in [4.69, 9.17) is 16.3 Å². The third kappa shape index (κ3) is 4.87. The van der Waals surface area contributed by atoms with Crippen LogP contribution in [0.1, 0.15) is 16.1 Å². The topological polar surface area (TPSA) is 98.2 Å². The minimum atomic E-state index is -3.99. The van der Waals surface area contributed by atoms with Gasteiger partial charge in [-0.05, 0) is 29.8 Å². The van der Waals surface area contributed by atoms with Gasteiger partial charge in [0, 0.05) is 0 Å². The number of ether oxygens (including phenoxy) is 1. The number of amides is 1. The molecule has 2 aromatic carbocycles. The third-order valence-corrected chi connectivity index (χ3v) is 5.58. The summed E-state index contributed by atoms with van der Waals surface area (Å²) in [4.78, 5) is 20.2. The van der Waals surface area contributed by atoms with Crippen LogP contribution in [0.3, 0.4) is 0 Å². The summed E-state index contributed by atoms with van der Waals surface area (Å²) in [5, 5.41) is 1.91. The average molecular weight is 436 g/mol. The largest absolute Gasteiger partial charge is 0.495 e. The molecule has 0 unspecified atom stereocenters. The number of rotatable bonds is 6. The third-order valence-electron chi connectivity index (χ3n) is 3.84. The number of anilines is 1. The molecule has 0 atom stereocenters. The second-order valence-corrected chi connectivity index (χ2v) is 8.18. The number of aromatic nitrogens is 2. The Balaban J connectivity index is 1.89. The molecule has 10 heteroatoms. The molecule has 0 spiro atoms. The Morgan fingerprint density at radius 1 is 1.17 bits per heavy atom. The summed E-state index contributed by atoms with van der Waals surface area (Å²) in [7, 11) is -2.55. The molecule has 0 saturated carbocycles. The Kier molecular flexibility index (Phi) is 6.09. The van der Waals surface area contributed by atoms with E-state index in [0.29, 0.717) is 17.0 Å². The van der Waals surface area contributed by atoms with E-state index >= 15 is 0 Å². The molecular weight excluding hydrogens is 421 g/mol. The van der Waals surface area contributed by atoms with Gasteiger partial charge in [0.2, 0.25) is 15.0 Å². The van der Waals surface area contributed by atoms with Gasteiger partial charge in [-0.3, -0.25) is 4.79 Å². The van der Waals surface area contributed by atoms with E-state index in [0.717, 1.165) is 18.3 Å². The van der Waals surface area contributed by atoms with Gasteiger partial charge in [0.1, 0.15) is 11.6 Å². The number of carbonyl (C=O) groups is 1. The van der Waals surface area contributed by atoms with Gasteiger partial charge in [-0.2, -0.15) is 0 Å². The van der Waals surface area contributed by atoms with E-state index < -0.39 is 32.5 Å². The summed E-state index contributed by atoms with van der Waals surface area (Å²) in [6.45, 7) is 0. The smallest absolute Gasteiger partial charge is 0.276 e. The molecule has 3 rings (SSSR count). The first-order valence-electron chi connectivity index (χ1n) is 8.24. The number of hydrogen-bond donors (Lipinski definition) is 1. The molecule has 150 valence electrons. The zero-order valence-corrected chi connectivity index (χ0v) is 16.7. The van der Waals surface area contributed by atoms with Crippen molar-refractivity contribution in [1.29, 1.82) is 0 Å². The molecule has 1 heterocycles. The highest BCUT2D eigenvalue weighted by Gasteiger charge is 2.23. The average Bonchev–Trinajstić information content (AvgIpc) is 2.70. The highest BCUT2D eigenvalue weighted by atomic mass is 35.5. The number of methoxy groups -OCH3 is 1. The molecule has 0 aliphatic heterocycles. The van der Waals surface area contributed by atoms with Gasteiger partial charge in [0.05, 0.1) is 29.8 Å². The van der Waals surface area contributed by atoms with Gasteiger partial charge in [0.15, 0.2) is 5.69 Å². The molecule has 0 saturated heterocycles. The summed E-state index contributed by atoms with van der Waals surface area (Å²) in [6, 6.07) is 11.7. The van der Waals surface area contributed by atoms with Crippen molar-refractivity contribution in [2.24, 2.45) is 0 Å². The monoisotopic (exact) mass is 435 g/mol. The fourth-order valence-corrected chi connectivity index (χ4v) is 3.83. The van der Waals surface area contributed by atoms with Crippen LogP contribution in [0, 0.1) is 5.82 Å². The van der Waals surface area contributed by atoms with Crippen molar-refractivity contribution >= 4 is 33.0 Å². The molecule has 0 fully saturated rings. The maximum Gasteiger partial charge on any atom is 0.276 e. The van der Waals surface area contributed by atoms with E-state index in [2.05, 4.69) is 15.3 Å². The number of hydrogen-bond acceptors (Lipinski definition) is 6. The summed E-state index contributed by atoms with van der Waals surface area (Å²) in [5.41, 5.74) is 0.417. The minimum Gasteiger partial charge on any atom is -0.495 e. The molecule has 1 aromatic heterocycles. The lowest BCUT2D eigenvalue weighted by Crippen LogP contribution is -2.18. The molecule has 0 aliphatic carbocycles. The number of halogens is 2. The Labute approximate surface area is 171 Å². The number of benzene rings is 2. The fourth-order valence-electron chi connectivity index (χ4n) is 2.45. The Bertz CT molecular complexity index is 1150. The van der Waals surface area contributed by atoms with Gasteiger partial charge < -0.3 is 10.1 Å².